The van der Waals surface area contributed by atoms with Crippen molar-refractivity contribution in [2.45, 2.75) is 19.1 Å². The van der Waals surface area contributed by atoms with E-state index in [0.717, 1.165) is 4.38 Å². The fourth-order valence-corrected chi connectivity index (χ4v) is 2.64. The molecule has 0 aromatic heterocycles. The van der Waals surface area contributed by atoms with Crippen LogP contribution in [0, 0.1) is 0 Å². The van der Waals surface area contributed by atoms with Gasteiger partial charge in [-0.05, 0) is 0 Å². The van der Waals surface area contributed by atoms with Crippen LogP contribution in [0.25, 0.3) is 0 Å². The summed E-state index contributed by atoms with van der Waals surface area (Å²) in [5.74, 6) is 0. The van der Waals surface area contributed by atoms with Crippen molar-refractivity contribution < 1.29 is 4.21 Å². The third-order valence-corrected chi connectivity index (χ3v) is 3.25. The zero-order chi connectivity index (χ0) is 7.56. The Kier molecular flexibility index (Phi) is 2.68. The molecule has 0 aromatic carbocycles. The lowest BCUT2D eigenvalue weighted by Crippen LogP contribution is -2.00. The van der Waals surface area contributed by atoms with Crippen LogP contribution in [-0.4, -0.2) is 13.8 Å². The van der Waals surface area contributed by atoms with Gasteiger partial charge in [-0.25, -0.2) is 9.20 Å². The minimum atomic E-state index is -0.949. The maximum Gasteiger partial charge on any atom is 0.165 e. The zero-order valence-electron chi connectivity index (χ0n) is 5.90. The first-order chi connectivity index (χ1) is 4.70. The Balaban J connectivity index is 2.52. The molecule has 0 radical (unpaired) electrons. The predicted octanol–water partition coefficient (Wildman–Crippen LogP) is 1.72. The molecule has 10 heavy (non-hydrogen) atoms. The Morgan fingerprint density at radius 3 is 2.80 bits per heavy atom. The molecule has 4 heteroatoms. The minimum absolute atomic E-state index is 0.461. The maximum atomic E-state index is 11.0. The van der Waals surface area contributed by atoms with Gasteiger partial charge in [0, 0.05) is 16.9 Å². The molecule has 1 aliphatic heterocycles. The van der Waals surface area contributed by atoms with Gasteiger partial charge in [-0.2, -0.15) is 0 Å². The van der Waals surface area contributed by atoms with E-state index in [4.69, 9.17) is 0 Å². The molecule has 1 atom stereocenters. The number of nitrogens with zero attached hydrogens (tertiary/aromatic N) is 1. The van der Waals surface area contributed by atoms with Gasteiger partial charge in [0.05, 0.1) is 0 Å². The Hall–Kier alpha value is -0.0900. The summed E-state index contributed by atoms with van der Waals surface area (Å²) in [4.78, 5) is 3.96. The molecule has 0 fully saturated rings. The molecule has 0 aliphatic carbocycles. The molecular formula is C6H9NOS2. The number of hydrogen-bond acceptors (Lipinski definition) is 3. The first-order valence-corrected chi connectivity index (χ1v) is 5.11. The number of aliphatic imine (C=N–C) groups is 1. The SMILES string of the molecule is CC(C)SC1=NC=CS1=O. The summed E-state index contributed by atoms with van der Waals surface area (Å²) >= 11 is 1.56. The van der Waals surface area contributed by atoms with Crippen molar-refractivity contribution in [2.75, 3.05) is 0 Å². The van der Waals surface area contributed by atoms with Crippen molar-refractivity contribution in [3.05, 3.63) is 11.6 Å². The number of thioether (sulfide) groups is 1. The van der Waals surface area contributed by atoms with E-state index in [9.17, 15) is 4.21 Å². The minimum Gasteiger partial charge on any atom is -0.247 e. The van der Waals surface area contributed by atoms with Crippen molar-refractivity contribution in [1.29, 1.82) is 0 Å². The Morgan fingerprint density at radius 2 is 2.40 bits per heavy atom. The molecule has 0 amide bonds. The lowest BCUT2D eigenvalue weighted by atomic mass is 10.6. The highest BCUT2D eigenvalue weighted by atomic mass is 32.2. The molecule has 0 aromatic rings. The van der Waals surface area contributed by atoms with E-state index in [0.29, 0.717) is 5.25 Å². The standard InChI is InChI=1S/C6H9NOS2/c1-5(2)9-6-7-3-4-10(6)8/h3-5H,1-2H3. The molecule has 0 saturated carbocycles. The summed E-state index contributed by atoms with van der Waals surface area (Å²) in [6.07, 6.45) is 1.60. The van der Waals surface area contributed by atoms with E-state index in [1.807, 2.05) is 0 Å². The van der Waals surface area contributed by atoms with Crippen LogP contribution in [0.5, 0.6) is 0 Å². The van der Waals surface area contributed by atoms with Crippen LogP contribution < -0.4 is 0 Å². The number of hydrogen-bond donors (Lipinski definition) is 0. The average molecular weight is 175 g/mol. The van der Waals surface area contributed by atoms with E-state index in [2.05, 4.69) is 18.8 Å². The second-order valence-electron chi connectivity index (χ2n) is 2.14. The lowest BCUT2D eigenvalue weighted by Gasteiger charge is -2.00. The topological polar surface area (TPSA) is 29.4 Å². The third kappa shape index (κ3) is 1.95. The second-order valence-corrected chi connectivity index (χ2v) is 5.22. The van der Waals surface area contributed by atoms with Crippen LogP contribution in [0.2, 0.25) is 0 Å². The van der Waals surface area contributed by atoms with Crippen LogP contribution in [0.1, 0.15) is 13.8 Å². The van der Waals surface area contributed by atoms with Crippen LogP contribution in [-0.2, 0) is 10.8 Å². The van der Waals surface area contributed by atoms with Crippen LogP contribution in [0.4, 0.5) is 0 Å². The van der Waals surface area contributed by atoms with Gasteiger partial charge in [-0.3, -0.25) is 0 Å². The van der Waals surface area contributed by atoms with Crippen molar-refractivity contribution in [3.8, 4) is 0 Å². The molecule has 2 nitrogen and oxygen atoms in total. The second kappa shape index (κ2) is 3.34. The number of rotatable bonds is 1. The Morgan fingerprint density at radius 1 is 1.70 bits per heavy atom. The van der Waals surface area contributed by atoms with E-state index < -0.39 is 10.8 Å². The summed E-state index contributed by atoms with van der Waals surface area (Å²) < 4.78 is 11.7. The van der Waals surface area contributed by atoms with Crippen LogP contribution in [0.3, 0.4) is 0 Å². The maximum absolute atomic E-state index is 11.0. The molecule has 1 unspecified atom stereocenters. The molecule has 0 saturated heterocycles. The monoisotopic (exact) mass is 175 g/mol. The molecule has 1 rings (SSSR count). The summed E-state index contributed by atoms with van der Waals surface area (Å²) in [7, 11) is -0.949. The molecule has 1 heterocycles. The van der Waals surface area contributed by atoms with Crippen molar-refractivity contribution >= 4 is 26.9 Å². The van der Waals surface area contributed by atoms with Gasteiger partial charge in [0.25, 0.3) is 0 Å². The van der Waals surface area contributed by atoms with Gasteiger partial charge in [0.2, 0.25) is 0 Å². The normalized spacial score (nSPS) is 23.9. The fourth-order valence-electron chi connectivity index (χ4n) is 0.536. The van der Waals surface area contributed by atoms with Crippen molar-refractivity contribution in [3.63, 3.8) is 0 Å². The smallest absolute Gasteiger partial charge is 0.165 e. The summed E-state index contributed by atoms with van der Waals surface area (Å²) in [5, 5.41) is 2.06. The van der Waals surface area contributed by atoms with E-state index in [1.54, 1.807) is 23.4 Å². The van der Waals surface area contributed by atoms with E-state index in [-0.39, 0.29) is 0 Å². The predicted molar refractivity (Wildman–Crippen MR) is 47.4 cm³/mol. The van der Waals surface area contributed by atoms with Crippen LogP contribution in [0.15, 0.2) is 16.6 Å². The van der Waals surface area contributed by atoms with Crippen LogP contribution >= 0.6 is 11.8 Å². The lowest BCUT2D eigenvalue weighted by molar-refractivity contribution is 0.695. The van der Waals surface area contributed by atoms with Crippen molar-refractivity contribution in [1.82, 2.24) is 0 Å². The molecule has 56 valence electrons. The molecule has 0 spiro atoms. The van der Waals surface area contributed by atoms with E-state index >= 15 is 0 Å². The highest BCUT2D eigenvalue weighted by Gasteiger charge is 2.12. The van der Waals surface area contributed by atoms with E-state index in [1.165, 1.54) is 0 Å². The molecule has 0 N–H and O–H groups in total. The van der Waals surface area contributed by atoms with Crippen molar-refractivity contribution in [2.24, 2.45) is 4.99 Å². The summed E-state index contributed by atoms with van der Waals surface area (Å²) in [6.45, 7) is 4.12. The first kappa shape index (κ1) is 8.01. The zero-order valence-corrected chi connectivity index (χ0v) is 7.54. The van der Waals surface area contributed by atoms with Gasteiger partial charge in [0.15, 0.2) is 4.38 Å². The third-order valence-electron chi connectivity index (χ3n) is 0.873. The fraction of sp³-hybridized carbons (Fsp3) is 0.500. The first-order valence-electron chi connectivity index (χ1n) is 3.02. The summed E-state index contributed by atoms with van der Waals surface area (Å²) in [5.41, 5.74) is 0. The quantitative estimate of drug-likeness (QED) is 0.607. The summed E-state index contributed by atoms with van der Waals surface area (Å²) in [6, 6.07) is 0. The Bertz CT molecular complexity index is 208. The Labute approximate surface area is 67.3 Å². The molecule has 1 aliphatic rings. The largest absolute Gasteiger partial charge is 0.247 e. The van der Waals surface area contributed by atoms with Gasteiger partial charge in [-0.15, -0.1) is 0 Å². The van der Waals surface area contributed by atoms with Gasteiger partial charge in [-0.1, -0.05) is 25.6 Å². The highest BCUT2D eigenvalue weighted by Crippen LogP contribution is 2.18. The average Bonchev–Trinajstić information content (AvgIpc) is 2.15. The highest BCUT2D eigenvalue weighted by molar-refractivity contribution is 8.34. The van der Waals surface area contributed by atoms with Gasteiger partial charge in [0.1, 0.15) is 10.8 Å². The van der Waals surface area contributed by atoms with Gasteiger partial charge < -0.3 is 0 Å². The van der Waals surface area contributed by atoms with Gasteiger partial charge >= 0.3 is 0 Å². The molecule has 0 bridgehead atoms. The molecular weight excluding hydrogens is 166 g/mol.